The quantitative estimate of drug-likeness (QED) is 0.590. The minimum absolute atomic E-state index is 0.0371. The maximum Gasteiger partial charge on any atom is 0.198 e. The molecule has 2 heterocycles. The number of rotatable bonds is 4. The molecule has 0 unspecified atom stereocenters. The second kappa shape index (κ2) is 6.07. The Morgan fingerprint density at radius 1 is 1.15 bits per heavy atom. The highest BCUT2D eigenvalue weighted by Crippen LogP contribution is 2.44. The average Bonchev–Trinajstić information content (AvgIpc) is 2.92. The molecule has 4 rings (SSSR count). The highest BCUT2D eigenvalue weighted by atomic mass is 16.3. The van der Waals surface area contributed by atoms with Gasteiger partial charge in [0.2, 0.25) is 0 Å². The van der Waals surface area contributed by atoms with E-state index in [1.54, 1.807) is 24.5 Å². The van der Waals surface area contributed by atoms with Crippen molar-refractivity contribution < 1.29 is 9.90 Å². The fourth-order valence-corrected chi connectivity index (χ4v) is 3.41. The molecular formula is C20H20N4O2. The molecule has 0 saturated heterocycles. The molecule has 26 heavy (non-hydrogen) atoms. The van der Waals surface area contributed by atoms with Gasteiger partial charge >= 0.3 is 0 Å². The fourth-order valence-electron chi connectivity index (χ4n) is 3.41. The number of pyridine rings is 2. The lowest BCUT2D eigenvalue weighted by Crippen LogP contribution is -2.22. The number of ketones is 1. The lowest BCUT2D eigenvalue weighted by molar-refractivity contribution is 0.104. The molecule has 1 aliphatic carbocycles. The monoisotopic (exact) mass is 348 g/mol. The molecule has 2 N–H and O–H groups in total. The number of nitrogens with zero attached hydrogens (tertiary/aromatic N) is 3. The molecule has 0 aliphatic heterocycles. The van der Waals surface area contributed by atoms with Crippen molar-refractivity contribution in [2.24, 2.45) is 0 Å². The first-order valence-corrected chi connectivity index (χ1v) is 8.53. The first kappa shape index (κ1) is 16.5. The second-order valence-corrected chi connectivity index (χ2v) is 6.80. The van der Waals surface area contributed by atoms with Crippen LogP contribution in [0.2, 0.25) is 0 Å². The number of hydrogen-bond acceptors (Lipinski definition) is 6. The SMILES string of the molecule is Cc1c(O)ccc2c3c(c(NCCN(C)C)nc12)C(=O)c1ccncc1-3. The Labute approximate surface area is 151 Å². The number of nitrogens with one attached hydrogen (secondary N) is 1. The molecule has 1 aliphatic rings. The van der Waals surface area contributed by atoms with Crippen LogP contribution in [0, 0.1) is 6.92 Å². The summed E-state index contributed by atoms with van der Waals surface area (Å²) in [5.41, 5.74) is 4.29. The Balaban J connectivity index is 1.99. The van der Waals surface area contributed by atoms with E-state index in [9.17, 15) is 9.90 Å². The summed E-state index contributed by atoms with van der Waals surface area (Å²) in [5, 5.41) is 14.3. The van der Waals surface area contributed by atoms with Crippen LogP contribution in [0.1, 0.15) is 21.5 Å². The summed E-state index contributed by atoms with van der Waals surface area (Å²) in [6.45, 7) is 3.31. The van der Waals surface area contributed by atoms with Crippen molar-refractivity contribution in [1.29, 1.82) is 0 Å². The zero-order valence-electron chi connectivity index (χ0n) is 15.0. The van der Waals surface area contributed by atoms with Gasteiger partial charge in [0.25, 0.3) is 0 Å². The average molecular weight is 348 g/mol. The van der Waals surface area contributed by atoms with Crippen molar-refractivity contribution in [2.45, 2.75) is 6.92 Å². The van der Waals surface area contributed by atoms with Crippen molar-refractivity contribution in [3.05, 3.63) is 47.3 Å². The van der Waals surface area contributed by atoms with E-state index in [4.69, 9.17) is 4.98 Å². The fraction of sp³-hybridized carbons (Fsp3) is 0.250. The summed E-state index contributed by atoms with van der Waals surface area (Å²) in [6, 6.07) is 5.22. The molecule has 0 spiro atoms. The van der Waals surface area contributed by atoms with E-state index in [0.717, 1.165) is 23.1 Å². The maximum absolute atomic E-state index is 13.0. The largest absolute Gasteiger partial charge is 0.508 e. The first-order chi connectivity index (χ1) is 12.5. The van der Waals surface area contributed by atoms with Crippen molar-refractivity contribution in [1.82, 2.24) is 14.9 Å². The minimum Gasteiger partial charge on any atom is -0.508 e. The molecule has 0 bridgehead atoms. The predicted octanol–water partition coefficient (Wildman–Crippen LogP) is 2.83. The molecule has 2 aromatic heterocycles. The topological polar surface area (TPSA) is 78.4 Å². The Kier molecular flexibility index (Phi) is 3.85. The third-order valence-corrected chi connectivity index (χ3v) is 4.80. The number of anilines is 1. The summed E-state index contributed by atoms with van der Waals surface area (Å²) >= 11 is 0. The van der Waals surface area contributed by atoms with Gasteiger partial charge in [0.15, 0.2) is 5.78 Å². The van der Waals surface area contributed by atoms with Crippen LogP contribution in [0.3, 0.4) is 0 Å². The van der Waals surface area contributed by atoms with Crippen molar-refractivity contribution in [2.75, 3.05) is 32.5 Å². The summed E-state index contributed by atoms with van der Waals surface area (Å²) in [6.07, 6.45) is 3.36. The maximum atomic E-state index is 13.0. The van der Waals surface area contributed by atoms with Crippen LogP contribution >= 0.6 is 0 Å². The third-order valence-electron chi connectivity index (χ3n) is 4.80. The predicted molar refractivity (Wildman–Crippen MR) is 102 cm³/mol. The smallest absolute Gasteiger partial charge is 0.198 e. The summed E-state index contributed by atoms with van der Waals surface area (Å²) in [7, 11) is 3.99. The van der Waals surface area contributed by atoms with E-state index in [-0.39, 0.29) is 11.5 Å². The van der Waals surface area contributed by atoms with Gasteiger partial charge in [-0.3, -0.25) is 9.78 Å². The summed E-state index contributed by atoms with van der Waals surface area (Å²) in [5.74, 6) is 0.717. The van der Waals surface area contributed by atoms with E-state index in [0.29, 0.717) is 34.6 Å². The van der Waals surface area contributed by atoms with E-state index in [1.807, 2.05) is 27.1 Å². The molecule has 0 amide bonds. The number of benzene rings is 1. The number of aromatic hydroxyl groups is 1. The Bertz CT molecular complexity index is 1040. The zero-order chi connectivity index (χ0) is 18.4. The summed E-state index contributed by atoms with van der Waals surface area (Å²) in [4.78, 5) is 24.0. The van der Waals surface area contributed by atoms with Gasteiger partial charge in [-0.05, 0) is 39.2 Å². The van der Waals surface area contributed by atoms with Gasteiger partial charge in [-0.1, -0.05) is 0 Å². The zero-order valence-corrected chi connectivity index (χ0v) is 15.0. The highest BCUT2D eigenvalue weighted by Gasteiger charge is 2.32. The van der Waals surface area contributed by atoms with Crippen LogP contribution in [0.5, 0.6) is 5.75 Å². The molecule has 0 fully saturated rings. The van der Waals surface area contributed by atoms with Crippen LogP contribution in [0.25, 0.3) is 22.0 Å². The third kappa shape index (κ3) is 2.42. The number of carbonyl (C=O) groups excluding carboxylic acids is 1. The Hall–Kier alpha value is -2.99. The molecule has 6 nitrogen and oxygen atoms in total. The summed E-state index contributed by atoms with van der Waals surface area (Å²) < 4.78 is 0. The van der Waals surface area contributed by atoms with Gasteiger partial charge in [-0.25, -0.2) is 4.98 Å². The van der Waals surface area contributed by atoms with Gasteiger partial charge in [0, 0.05) is 53.1 Å². The molecule has 132 valence electrons. The number of carbonyl (C=O) groups is 1. The number of likely N-dealkylation sites (N-methyl/N-ethyl adjacent to an activating group) is 1. The standard InChI is InChI=1S/C20H20N4O2/c1-11-15(25)5-4-13-16-14-10-21-7-6-12(14)19(26)17(16)20(23-18(11)13)22-8-9-24(2)3/h4-7,10,25H,8-9H2,1-3H3,(H,22,23). The Morgan fingerprint density at radius 3 is 2.73 bits per heavy atom. The number of phenols is 1. The molecule has 0 saturated carbocycles. The van der Waals surface area contributed by atoms with Crippen molar-refractivity contribution in [3.63, 3.8) is 0 Å². The normalized spacial score (nSPS) is 12.5. The number of fused-ring (bicyclic) bond motifs is 5. The molecule has 6 heteroatoms. The van der Waals surface area contributed by atoms with Gasteiger partial charge in [0.05, 0.1) is 11.1 Å². The number of aromatic nitrogens is 2. The first-order valence-electron chi connectivity index (χ1n) is 8.53. The lowest BCUT2D eigenvalue weighted by Gasteiger charge is -2.16. The van der Waals surface area contributed by atoms with Crippen molar-refractivity contribution >= 4 is 22.5 Å². The molecule has 0 atom stereocenters. The Morgan fingerprint density at radius 2 is 1.96 bits per heavy atom. The molecule has 1 aromatic carbocycles. The molecule has 0 radical (unpaired) electrons. The number of hydrogen-bond donors (Lipinski definition) is 2. The second-order valence-electron chi connectivity index (χ2n) is 6.80. The van der Waals surface area contributed by atoms with Gasteiger partial charge in [0.1, 0.15) is 11.6 Å². The van der Waals surface area contributed by atoms with E-state index in [1.165, 1.54) is 0 Å². The number of phenolic OH excluding ortho intramolecular Hbond substituents is 1. The molecular weight excluding hydrogens is 328 g/mol. The number of aryl methyl sites for hydroxylation is 1. The van der Waals surface area contributed by atoms with Crippen LogP contribution in [0.4, 0.5) is 5.82 Å². The van der Waals surface area contributed by atoms with Crippen LogP contribution in [0.15, 0.2) is 30.6 Å². The van der Waals surface area contributed by atoms with E-state index in [2.05, 4.69) is 15.2 Å². The highest BCUT2D eigenvalue weighted by molar-refractivity contribution is 6.28. The minimum atomic E-state index is -0.0371. The van der Waals surface area contributed by atoms with Gasteiger partial charge in [-0.2, -0.15) is 0 Å². The van der Waals surface area contributed by atoms with Gasteiger partial charge in [-0.15, -0.1) is 0 Å². The molecule has 3 aromatic rings. The van der Waals surface area contributed by atoms with Crippen LogP contribution < -0.4 is 5.32 Å². The van der Waals surface area contributed by atoms with Gasteiger partial charge < -0.3 is 15.3 Å². The van der Waals surface area contributed by atoms with E-state index < -0.39 is 0 Å². The van der Waals surface area contributed by atoms with Crippen LogP contribution in [-0.2, 0) is 0 Å². The van der Waals surface area contributed by atoms with E-state index >= 15 is 0 Å². The van der Waals surface area contributed by atoms with Crippen LogP contribution in [-0.4, -0.2) is 52.9 Å². The lowest BCUT2D eigenvalue weighted by atomic mass is 9.99. The van der Waals surface area contributed by atoms with Crippen molar-refractivity contribution in [3.8, 4) is 16.9 Å².